The van der Waals surface area contributed by atoms with Gasteiger partial charge in [-0.15, -0.1) is 0 Å². The lowest BCUT2D eigenvalue weighted by molar-refractivity contribution is 0.477. The summed E-state index contributed by atoms with van der Waals surface area (Å²) in [6.07, 6.45) is 4.63. The standard InChI is InChI=1S/C14H16N2O3S/c1-20(18,19)12-7-11(8-16-9-12)13-6-10(4-5-15)2-3-14(13)17/h2-3,6-9,17H,4-5,15H2,1H3. The number of rotatable bonds is 4. The maximum atomic E-state index is 11.6. The molecule has 0 radical (unpaired) electrons. The molecule has 20 heavy (non-hydrogen) atoms. The molecule has 0 aliphatic rings. The number of pyridine rings is 1. The van der Waals surface area contributed by atoms with E-state index in [0.29, 0.717) is 24.1 Å². The van der Waals surface area contributed by atoms with E-state index in [2.05, 4.69) is 4.98 Å². The average Bonchev–Trinajstić information content (AvgIpc) is 2.40. The number of phenolic OH excluding ortho intramolecular Hbond substituents is 1. The molecular weight excluding hydrogens is 276 g/mol. The average molecular weight is 292 g/mol. The normalized spacial score (nSPS) is 11.5. The minimum Gasteiger partial charge on any atom is -0.507 e. The highest BCUT2D eigenvalue weighted by Gasteiger charge is 2.11. The van der Waals surface area contributed by atoms with Gasteiger partial charge >= 0.3 is 0 Å². The molecule has 0 amide bonds. The summed E-state index contributed by atoms with van der Waals surface area (Å²) in [7, 11) is -3.33. The van der Waals surface area contributed by atoms with Gasteiger partial charge in [-0.1, -0.05) is 6.07 Å². The first-order valence-electron chi connectivity index (χ1n) is 6.09. The Kier molecular flexibility index (Phi) is 4.06. The zero-order valence-corrected chi connectivity index (χ0v) is 11.9. The van der Waals surface area contributed by atoms with Crippen molar-refractivity contribution >= 4 is 9.84 Å². The van der Waals surface area contributed by atoms with Crippen LogP contribution in [-0.4, -0.2) is 31.3 Å². The van der Waals surface area contributed by atoms with Crippen molar-refractivity contribution in [3.05, 3.63) is 42.2 Å². The number of aromatic hydroxyl groups is 1. The fourth-order valence-corrected chi connectivity index (χ4v) is 2.50. The van der Waals surface area contributed by atoms with E-state index in [0.717, 1.165) is 11.8 Å². The second-order valence-corrected chi connectivity index (χ2v) is 6.59. The van der Waals surface area contributed by atoms with Crippen molar-refractivity contribution in [2.24, 2.45) is 5.73 Å². The molecule has 0 fully saturated rings. The number of hydrogen-bond acceptors (Lipinski definition) is 5. The molecule has 0 aliphatic heterocycles. The van der Waals surface area contributed by atoms with Crippen LogP contribution in [-0.2, 0) is 16.3 Å². The van der Waals surface area contributed by atoms with Crippen LogP contribution in [0.25, 0.3) is 11.1 Å². The van der Waals surface area contributed by atoms with Crippen LogP contribution in [0.4, 0.5) is 0 Å². The molecule has 0 saturated heterocycles. The first-order chi connectivity index (χ1) is 9.41. The fourth-order valence-electron chi connectivity index (χ4n) is 1.91. The van der Waals surface area contributed by atoms with Crippen LogP contribution in [0.3, 0.4) is 0 Å². The van der Waals surface area contributed by atoms with Gasteiger partial charge in [-0.2, -0.15) is 0 Å². The van der Waals surface area contributed by atoms with Gasteiger partial charge in [0.2, 0.25) is 0 Å². The number of hydrogen-bond donors (Lipinski definition) is 2. The smallest absolute Gasteiger partial charge is 0.177 e. The molecule has 0 saturated carbocycles. The lowest BCUT2D eigenvalue weighted by atomic mass is 10.0. The quantitative estimate of drug-likeness (QED) is 0.887. The van der Waals surface area contributed by atoms with Crippen molar-refractivity contribution in [1.82, 2.24) is 4.98 Å². The van der Waals surface area contributed by atoms with Crippen LogP contribution >= 0.6 is 0 Å². The maximum Gasteiger partial charge on any atom is 0.177 e. The molecule has 1 heterocycles. The van der Waals surface area contributed by atoms with Gasteiger partial charge in [0.25, 0.3) is 0 Å². The van der Waals surface area contributed by atoms with Crippen LogP contribution < -0.4 is 5.73 Å². The number of nitrogens with zero attached hydrogens (tertiary/aromatic N) is 1. The van der Waals surface area contributed by atoms with Gasteiger partial charge in [0, 0.05) is 29.8 Å². The molecule has 3 N–H and O–H groups in total. The molecule has 1 aromatic heterocycles. The Morgan fingerprint density at radius 2 is 2.00 bits per heavy atom. The zero-order valence-electron chi connectivity index (χ0n) is 11.1. The van der Waals surface area contributed by atoms with E-state index >= 15 is 0 Å². The number of sulfone groups is 1. The van der Waals surface area contributed by atoms with Crippen molar-refractivity contribution in [2.75, 3.05) is 12.8 Å². The Morgan fingerprint density at radius 3 is 2.65 bits per heavy atom. The summed E-state index contributed by atoms with van der Waals surface area (Å²) in [6, 6.07) is 6.67. The minimum absolute atomic E-state index is 0.0817. The van der Waals surface area contributed by atoms with Crippen molar-refractivity contribution < 1.29 is 13.5 Å². The number of benzene rings is 1. The number of nitrogens with two attached hydrogens (primary N) is 1. The summed E-state index contributed by atoms with van der Waals surface area (Å²) < 4.78 is 23.1. The Labute approximate surface area is 118 Å². The van der Waals surface area contributed by atoms with Gasteiger partial charge in [-0.05, 0) is 36.7 Å². The van der Waals surface area contributed by atoms with Crippen molar-refractivity contribution in [1.29, 1.82) is 0 Å². The second-order valence-electron chi connectivity index (χ2n) is 4.57. The lowest BCUT2D eigenvalue weighted by Crippen LogP contribution is -2.02. The zero-order chi connectivity index (χ0) is 14.8. The summed E-state index contributed by atoms with van der Waals surface area (Å²) in [5.41, 5.74) is 7.60. The number of phenols is 1. The minimum atomic E-state index is -3.33. The molecule has 2 rings (SSSR count). The van der Waals surface area contributed by atoms with Crippen LogP contribution in [0, 0.1) is 0 Å². The van der Waals surface area contributed by atoms with E-state index in [9.17, 15) is 13.5 Å². The third kappa shape index (κ3) is 3.15. The predicted octanol–water partition coefficient (Wildman–Crippen LogP) is 1.36. The Bertz CT molecular complexity index is 727. The highest BCUT2D eigenvalue weighted by Crippen LogP contribution is 2.30. The molecule has 0 spiro atoms. The highest BCUT2D eigenvalue weighted by atomic mass is 32.2. The van der Waals surface area contributed by atoms with Crippen LogP contribution in [0.5, 0.6) is 5.75 Å². The van der Waals surface area contributed by atoms with E-state index in [-0.39, 0.29) is 10.6 Å². The molecule has 2 aromatic rings. The fraction of sp³-hybridized carbons (Fsp3) is 0.214. The van der Waals surface area contributed by atoms with Crippen molar-refractivity contribution in [3.8, 4) is 16.9 Å². The van der Waals surface area contributed by atoms with E-state index in [4.69, 9.17) is 5.73 Å². The molecule has 0 atom stereocenters. The first kappa shape index (κ1) is 14.5. The van der Waals surface area contributed by atoms with Crippen LogP contribution in [0.1, 0.15) is 5.56 Å². The first-order valence-corrected chi connectivity index (χ1v) is 7.98. The molecule has 5 nitrogen and oxygen atoms in total. The lowest BCUT2D eigenvalue weighted by Gasteiger charge is -2.08. The Balaban J connectivity index is 2.53. The van der Waals surface area contributed by atoms with Gasteiger partial charge in [0.05, 0.1) is 4.90 Å². The largest absolute Gasteiger partial charge is 0.507 e. The summed E-state index contributed by atoms with van der Waals surface area (Å²) in [5, 5.41) is 9.94. The third-order valence-corrected chi connectivity index (χ3v) is 4.03. The molecular formula is C14H16N2O3S. The molecule has 0 unspecified atom stereocenters. The van der Waals surface area contributed by atoms with Gasteiger partial charge in [0.1, 0.15) is 5.75 Å². The third-order valence-electron chi connectivity index (χ3n) is 2.95. The SMILES string of the molecule is CS(=O)(=O)c1cncc(-c2cc(CCN)ccc2O)c1. The van der Waals surface area contributed by atoms with Gasteiger partial charge in [0.15, 0.2) is 9.84 Å². The van der Waals surface area contributed by atoms with Crippen LogP contribution in [0.15, 0.2) is 41.6 Å². The van der Waals surface area contributed by atoms with E-state index in [1.807, 2.05) is 0 Å². The maximum absolute atomic E-state index is 11.6. The molecule has 6 heteroatoms. The summed E-state index contributed by atoms with van der Waals surface area (Å²) in [4.78, 5) is 4.05. The monoisotopic (exact) mass is 292 g/mol. The Morgan fingerprint density at radius 1 is 1.25 bits per heavy atom. The van der Waals surface area contributed by atoms with Gasteiger partial charge < -0.3 is 10.8 Å². The summed E-state index contributed by atoms with van der Waals surface area (Å²) >= 11 is 0. The Hall–Kier alpha value is -1.92. The van der Waals surface area contributed by atoms with Gasteiger partial charge in [-0.3, -0.25) is 4.98 Å². The van der Waals surface area contributed by atoms with Crippen LogP contribution in [0.2, 0.25) is 0 Å². The van der Waals surface area contributed by atoms with Crippen molar-refractivity contribution in [3.63, 3.8) is 0 Å². The van der Waals surface area contributed by atoms with E-state index in [1.165, 1.54) is 18.5 Å². The number of aromatic nitrogens is 1. The van der Waals surface area contributed by atoms with Gasteiger partial charge in [-0.25, -0.2) is 8.42 Å². The molecule has 0 aliphatic carbocycles. The summed E-state index contributed by atoms with van der Waals surface area (Å²) in [6.45, 7) is 0.506. The van der Waals surface area contributed by atoms with E-state index < -0.39 is 9.84 Å². The second kappa shape index (κ2) is 5.60. The molecule has 106 valence electrons. The molecule has 0 bridgehead atoms. The van der Waals surface area contributed by atoms with E-state index in [1.54, 1.807) is 18.2 Å². The predicted molar refractivity (Wildman–Crippen MR) is 77.2 cm³/mol. The summed E-state index contributed by atoms with van der Waals surface area (Å²) in [5.74, 6) is 0.0817. The topological polar surface area (TPSA) is 93.3 Å². The highest BCUT2D eigenvalue weighted by molar-refractivity contribution is 7.90. The van der Waals surface area contributed by atoms with Crippen molar-refractivity contribution in [2.45, 2.75) is 11.3 Å². The molecule has 1 aromatic carbocycles.